The number of aryl methyl sites for hydroxylation is 1. The lowest BCUT2D eigenvalue weighted by Gasteiger charge is -2.23. The Balaban J connectivity index is 2.03. The third kappa shape index (κ3) is 1.59. The van der Waals surface area contributed by atoms with Crippen LogP contribution in [0, 0.1) is 6.92 Å². The molecule has 0 N–H and O–H groups in total. The minimum Gasteiger partial charge on any atom is -0.455 e. The second-order valence-electron chi connectivity index (χ2n) is 3.88. The van der Waals surface area contributed by atoms with Gasteiger partial charge in [-0.1, -0.05) is 23.9 Å². The van der Waals surface area contributed by atoms with E-state index in [1.54, 1.807) is 0 Å². The van der Waals surface area contributed by atoms with Gasteiger partial charge in [0.05, 0.1) is 4.90 Å². The van der Waals surface area contributed by atoms with Crippen molar-refractivity contribution in [3.8, 4) is 5.75 Å². The zero-order chi connectivity index (χ0) is 10.3. The first kappa shape index (κ1) is 9.10. The molecule has 2 heteroatoms. The summed E-state index contributed by atoms with van der Waals surface area (Å²) < 4.78 is 5.86. The summed E-state index contributed by atoms with van der Waals surface area (Å²) in [6.45, 7) is 2.12. The maximum absolute atomic E-state index is 5.86. The molecule has 0 saturated carbocycles. The van der Waals surface area contributed by atoms with Crippen molar-refractivity contribution in [3.63, 3.8) is 0 Å². The number of fused-ring (bicyclic) bond motifs is 1. The van der Waals surface area contributed by atoms with Crippen LogP contribution in [0.15, 0.2) is 45.9 Å². The van der Waals surface area contributed by atoms with E-state index in [1.165, 1.54) is 15.4 Å². The lowest BCUT2D eigenvalue weighted by molar-refractivity contribution is 0.423. The van der Waals surface area contributed by atoms with Gasteiger partial charge in [-0.3, -0.25) is 0 Å². The molecule has 0 aromatic heterocycles. The van der Waals surface area contributed by atoms with E-state index < -0.39 is 0 Å². The summed E-state index contributed by atoms with van der Waals surface area (Å²) in [5, 5.41) is 0. The molecule has 15 heavy (non-hydrogen) atoms. The zero-order valence-corrected chi connectivity index (χ0v) is 9.43. The summed E-state index contributed by atoms with van der Waals surface area (Å²) in [7, 11) is 0. The molecular formula is C13H12OS. The summed E-state index contributed by atoms with van der Waals surface area (Å²) in [6.07, 6.45) is 6.52. The van der Waals surface area contributed by atoms with Crippen LogP contribution in [0.1, 0.15) is 18.4 Å². The van der Waals surface area contributed by atoms with Crippen molar-refractivity contribution in [2.75, 3.05) is 0 Å². The van der Waals surface area contributed by atoms with Gasteiger partial charge in [-0.05, 0) is 43.5 Å². The Hall–Kier alpha value is -1.15. The number of hydrogen-bond donors (Lipinski definition) is 0. The quantitative estimate of drug-likeness (QED) is 0.647. The summed E-state index contributed by atoms with van der Waals surface area (Å²) in [6, 6.07) is 6.35. The van der Waals surface area contributed by atoms with Crippen LogP contribution < -0.4 is 4.74 Å². The van der Waals surface area contributed by atoms with Crippen molar-refractivity contribution in [2.24, 2.45) is 0 Å². The summed E-state index contributed by atoms with van der Waals surface area (Å²) in [5.41, 5.74) is 1.29. The molecule has 1 aliphatic carbocycles. The minimum absolute atomic E-state index is 0.996. The second kappa shape index (κ2) is 3.46. The first-order valence-electron chi connectivity index (χ1n) is 5.19. The molecule has 0 amide bonds. The smallest absolute Gasteiger partial charge is 0.141 e. The normalized spacial score (nSPS) is 18.2. The Morgan fingerprint density at radius 3 is 3.20 bits per heavy atom. The number of thioether (sulfide) groups is 1. The van der Waals surface area contributed by atoms with Crippen LogP contribution in [-0.4, -0.2) is 0 Å². The molecule has 0 fully saturated rings. The molecule has 0 bridgehead atoms. The summed E-state index contributed by atoms with van der Waals surface area (Å²) >= 11 is 1.86. The minimum atomic E-state index is 0.996. The monoisotopic (exact) mass is 216 g/mol. The van der Waals surface area contributed by atoms with Gasteiger partial charge in [0.1, 0.15) is 11.5 Å². The SMILES string of the molecule is Cc1ccc2c(c1)SC1=C(C=CCC1)O2. The fraction of sp³-hybridized carbons (Fsp3) is 0.231. The fourth-order valence-electron chi connectivity index (χ4n) is 1.84. The van der Waals surface area contributed by atoms with E-state index in [1.807, 2.05) is 11.8 Å². The van der Waals surface area contributed by atoms with Crippen LogP contribution >= 0.6 is 11.8 Å². The highest BCUT2D eigenvalue weighted by molar-refractivity contribution is 8.03. The largest absolute Gasteiger partial charge is 0.455 e. The number of hydrogen-bond acceptors (Lipinski definition) is 2. The summed E-state index contributed by atoms with van der Waals surface area (Å²) in [5.74, 6) is 2.04. The topological polar surface area (TPSA) is 9.23 Å². The highest BCUT2D eigenvalue weighted by atomic mass is 32.2. The molecule has 1 aliphatic heterocycles. The third-order valence-corrected chi connectivity index (χ3v) is 3.83. The van der Waals surface area contributed by atoms with Gasteiger partial charge in [0.2, 0.25) is 0 Å². The molecule has 1 nitrogen and oxygen atoms in total. The Bertz CT molecular complexity index is 471. The lowest BCUT2D eigenvalue weighted by Crippen LogP contribution is -2.05. The molecule has 2 aliphatic rings. The van der Waals surface area contributed by atoms with Gasteiger partial charge in [0.25, 0.3) is 0 Å². The molecular weight excluding hydrogens is 204 g/mol. The highest BCUT2D eigenvalue weighted by Crippen LogP contribution is 2.44. The maximum atomic E-state index is 5.86. The molecule has 0 atom stereocenters. The van der Waals surface area contributed by atoms with E-state index in [0.717, 1.165) is 24.4 Å². The van der Waals surface area contributed by atoms with Crippen LogP contribution in [0.25, 0.3) is 0 Å². The molecule has 0 saturated heterocycles. The number of allylic oxidation sites excluding steroid dienone is 3. The molecule has 0 radical (unpaired) electrons. The van der Waals surface area contributed by atoms with Gasteiger partial charge in [0.15, 0.2) is 0 Å². The Morgan fingerprint density at radius 2 is 2.27 bits per heavy atom. The second-order valence-corrected chi connectivity index (χ2v) is 5.02. The van der Waals surface area contributed by atoms with Crippen molar-refractivity contribution < 1.29 is 4.74 Å². The third-order valence-electron chi connectivity index (χ3n) is 2.63. The first-order chi connectivity index (χ1) is 7.33. The average molecular weight is 216 g/mol. The van der Waals surface area contributed by atoms with E-state index in [0.29, 0.717) is 0 Å². The molecule has 1 aromatic carbocycles. The fourth-order valence-corrected chi connectivity index (χ4v) is 2.99. The molecule has 1 heterocycles. The van der Waals surface area contributed by atoms with E-state index in [9.17, 15) is 0 Å². The highest BCUT2D eigenvalue weighted by Gasteiger charge is 2.20. The Labute approximate surface area is 93.8 Å². The Kier molecular flexibility index (Phi) is 2.10. The molecule has 1 aromatic rings. The van der Waals surface area contributed by atoms with E-state index in [4.69, 9.17) is 4.74 Å². The predicted octanol–water partition coefficient (Wildman–Crippen LogP) is 4.04. The standard InChI is InChI=1S/C13H12OS/c1-9-6-7-11-13(8-9)15-12-5-3-2-4-10(12)14-11/h2,4,6-8H,3,5H2,1H3. The molecule has 3 rings (SSSR count). The molecule has 76 valence electrons. The van der Waals surface area contributed by atoms with Crippen molar-refractivity contribution in [2.45, 2.75) is 24.7 Å². The van der Waals surface area contributed by atoms with Crippen molar-refractivity contribution in [1.29, 1.82) is 0 Å². The van der Waals surface area contributed by atoms with Crippen LogP contribution in [0.2, 0.25) is 0 Å². The van der Waals surface area contributed by atoms with Crippen LogP contribution in [0.4, 0.5) is 0 Å². The first-order valence-corrected chi connectivity index (χ1v) is 6.00. The molecule has 0 unspecified atom stereocenters. The van der Waals surface area contributed by atoms with Crippen molar-refractivity contribution in [3.05, 3.63) is 46.6 Å². The number of ether oxygens (including phenoxy) is 1. The van der Waals surface area contributed by atoms with Gasteiger partial charge >= 0.3 is 0 Å². The number of benzene rings is 1. The predicted molar refractivity (Wildman–Crippen MR) is 63.1 cm³/mol. The van der Waals surface area contributed by atoms with E-state index >= 15 is 0 Å². The van der Waals surface area contributed by atoms with Gasteiger partial charge < -0.3 is 4.74 Å². The van der Waals surface area contributed by atoms with Crippen LogP contribution in [-0.2, 0) is 0 Å². The van der Waals surface area contributed by atoms with Gasteiger partial charge in [-0.2, -0.15) is 0 Å². The van der Waals surface area contributed by atoms with Gasteiger partial charge in [-0.15, -0.1) is 0 Å². The van der Waals surface area contributed by atoms with E-state index in [2.05, 4.69) is 37.3 Å². The molecule has 0 spiro atoms. The number of rotatable bonds is 0. The van der Waals surface area contributed by atoms with Crippen LogP contribution in [0.5, 0.6) is 5.75 Å². The van der Waals surface area contributed by atoms with Crippen LogP contribution in [0.3, 0.4) is 0 Å². The van der Waals surface area contributed by atoms with Crippen molar-refractivity contribution >= 4 is 11.8 Å². The van der Waals surface area contributed by atoms with Crippen molar-refractivity contribution in [1.82, 2.24) is 0 Å². The lowest BCUT2D eigenvalue weighted by atomic mass is 10.1. The van der Waals surface area contributed by atoms with Gasteiger partial charge in [0, 0.05) is 4.91 Å². The van der Waals surface area contributed by atoms with Gasteiger partial charge in [-0.25, -0.2) is 0 Å². The zero-order valence-electron chi connectivity index (χ0n) is 8.62. The summed E-state index contributed by atoms with van der Waals surface area (Å²) in [4.78, 5) is 2.62. The average Bonchev–Trinajstić information content (AvgIpc) is 2.26. The maximum Gasteiger partial charge on any atom is 0.141 e. The van der Waals surface area contributed by atoms with E-state index in [-0.39, 0.29) is 0 Å². The Morgan fingerprint density at radius 1 is 1.33 bits per heavy atom.